The molecule has 160 valence electrons. The highest BCUT2D eigenvalue weighted by Gasteiger charge is 2.47. The minimum Gasteiger partial charge on any atom is -0.457 e. The van der Waals surface area contributed by atoms with Gasteiger partial charge in [0.1, 0.15) is 5.82 Å². The van der Waals surface area contributed by atoms with E-state index in [9.17, 15) is 28.4 Å². The van der Waals surface area contributed by atoms with Crippen molar-refractivity contribution in [2.45, 2.75) is 39.0 Å². The number of carbonyl (C=O) groups is 5. The predicted octanol–water partition coefficient (Wildman–Crippen LogP) is 2.08. The van der Waals surface area contributed by atoms with Crippen LogP contribution in [0.4, 0.5) is 10.1 Å². The molecule has 1 aliphatic heterocycles. The second-order valence-corrected chi connectivity index (χ2v) is 7.54. The van der Waals surface area contributed by atoms with Gasteiger partial charge in [0, 0.05) is 19.2 Å². The first-order valence-electron chi connectivity index (χ1n) is 9.89. The van der Waals surface area contributed by atoms with Crippen molar-refractivity contribution >= 4 is 35.2 Å². The number of rotatable bonds is 7. The SMILES string of the molecule is CC(=O)Nc1ccc(C(=O)COC(=O)CCN2C(=O)[C@H]3CCCC[C@H]3C2=O)c(F)c1. The number of ketones is 1. The van der Waals surface area contributed by atoms with Crippen LogP contribution in [0.5, 0.6) is 0 Å². The van der Waals surface area contributed by atoms with Gasteiger partial charge in [0.2, 0.25) is 23.5 Å². The summed E-state index contributed by atoms with van der Waals surface area (Å²) >= 11 is 0. The summed E-state index contributed by atoms with van der Waals surface area (Å²) in [5.41, 5.74) is -0.0695. The fourth-order valence-electron chi connectivity index (χ4n) is 3.97. The molecule has 1 N–H and O–H groups in total. The van der Waals surface area contributed by atoms with Gasteiger partial charge >= 0.3 is 5.97 Å². The molecule has 3 amide bonds. The number of fused-ring (bicyclic) bond motifs is 1. The van der Waals surface area contributed by atoms with E-state index >= 15 is 0 Å². The zero-order valence-electron chi connectivity index (χ0n) is 16.6. The molecule has 1 saturated carbocycles. The number of nitrogens with one attached hydrogen (secondary N) is 1. The van der Waals surface area contributed by atoms with Gasteiger partial charge in [0.25, 0.3) is 0 Å². The van der Waals surface area contributed by atoms with Crippen LogP contribution in [0, 0.1) is 17.7 Å². The van der Waals surface area contributed by atoms with Crippen molar-refractivity contribution in [2.75, 3.05) is 18.5 Å². The van der Waals surface area contributed by atoms with E-state index in [4.69, 9.17) is 4.74 Å². The minimum atomic E-state index is -0.849. The maximum atomic E-state index is 14.1. The van der Waals surface area contributed by atoms with E-state index in [0.29, 0.717) is 12.8 Å². The Bertz CT molecular complexity index is 875. The third-order valence-electron chi connectivity index (χ3n) is 5.43. The second kappa shape index (κ2) is 9.15. The first-order valence-corrected chi connectivity index (χ1v) is 9.89. The normalized spacial score (nSPS) is 20.7. The van der Waals surface area contributed by atoms with Crippen LogP contribution in [0.2, 0.25) is 0 Å². The molecule has 1 aromatic carbocycles. The van der Waals surface area contributed by atoms with Crippen LogP contribution in [-0.2, 0) is 23.9 Å². The Hall–Kier alpha value is -3.10. The number of imide groups is 1. The van der Waals surface area contributed by atoms with Crippen LogP contribution in [0.25, 0.3) is 0 Å². The molecular formula is C21H23FN2O6. The van der Waals surface area contributed by atoms with Gasteiger partial charge in [0.05, 0.1) is 23.8 Å². The predicted molar refractivity (Wildman–Crippen MR) is 103 cm³/mol. The molecule has 1 aromatic rings. The molecule has 3 rings (SSSR count). The summed E-state index contributed by atoms with van der Waals surface area (Å²) in [6, 6.07) is 3.56. The van der Waals surface area contributed by atoms with Crippen molar-refractivity contribution in [3.05, 3.63) is 29.6 Å². The third-order valence-corrected chi connectivity index (χ3v) is 5.43. The summed E-state index contributed by atoms with van der Waals surface area (Å²) in [7, 11) is 0. The van der Waals surface area contributed by atoms with Gasteiger partial charge in [0.15, 0.2) is 6.61 Å². The van der Waals surface area contributed by atoms with Crippen LogP contribution in [0.1, 0.15) is 49.4 Å². The molecule has 2 fully saturated rings. The highest BCUT2D eigenvalue weighted by atomic mass is 19.1. The highest BCUT2D eigenvalue weighted by Crippen LogP contribution is 2.37. The molecule has 0 unspecified atom stereocenters. The monoisotopic (exact) mass is 418 g/mol. The Morgan fingerprint density at radius 2 is 1.77 bits per heavy atom. The van der Waals surface area contributed by atoms with E-state index in [1.54, 1.807) is 0 Å². The number of anilines is 1. The fourth-order valence-corrected chi connectivity index (χ4v) is 3.97. The number of carbonyl (C=O) groups excluding carboxylic acids is 5. The van der Waals surface area contributed by atoms with Crippen molar-refractivity contribution in [2.24, 2.45) is 11.8 Å². The molecular weight excluding hydrogens is 395 g/mol. The molecule has 0 radical (unpaired) electrons. The van der Waals surface area contributed by atoms with E-state index in [-0.39, 0.29) is 53.8 Å². The third kappa shape index (κ3) is 4.72. The molecule has 0 spiro atoms. The number of esters is 1. The van der Waals surface area contributed by atoms with Gasteiger partial charge in [-0.1, -0.05) is 12.8 Å². The zero-order valence-corrected chi connectivity index (χ0v) is 16.6. The molecule has 0 aromatic heterocycles. The molecule has 1 aliphatic carbocycles. The lowest BCUT2D eigenvalue weighted by atomic mass is 9.81. The number of nitrogens with zero attached hydrogens (tertiary/aromatic N) is 1. The van der Waals surface area contributed by atoms with Crippen molar-refractivity contribution < 1.29 is 33.1 Å². The first-order chi connectivity index (χ1) is 14.3. The van der Waals surface area contributed by atoms with E-state index in [1.165, 1.54) is 19.1 Å². The molecule has 2 atom stereocenters. The summed E-state index contributed by atoms with van der Waals surface area (Å²) < 4.78 is 18.9. The van der Waals surface area contributed by atoms with E-state index in [2.05, 4.69) is 5.32 Å². The molecule has 8 nitrogen and oxygen atoms in total. The van der Waals surface area contributed by atoms with E-state index in [0.717, 1.165) is 23.8 Å². The van der Waals surface area contributed by atoms with Crippen LogP contribution < -0.4 is 5.32 Å². The fraction of sp³-hybridized carbons (Fsp3) is 0.476. The van der Waals surface area contributed by atoms with E-state index in [1.807, 2.05) is 0 Å². The number of Topliss-reactive ketones (excluding diaryl/α,β-unsaturated/α-hetero) is 1. The van der Waals surface area contributed by atoms with E-state index < -0.39 is 24.2 Å². The number of likely N-dealkylation sites (tertiary alicyclic amines) is 1. The Kier molecular flexibility index (Phi) is 6.59. The topological polar surface area (TPSA) is 110 Å². The van der Waals surface area contributed by atoms with Crippen molar-refractivity contribution in [3.63, 3.8) is 0 Å². The van der Waals surface area contributed by atoms with Crippen molar-refractivity contribution in [3.8, 4) is 0 Å². The minimum absolute atomic E-state index is 0.0858. The summed E-state index contributed by atoms with van der Waals surface area (Å²) in [5, 5.41) is 2.40. The largest absolute Gasteiger partial charge is 0.457 e. The van der Waals surface area contributed by atoms with Gasteiger partial charge in [-0.15, -0.1) is 0 Å². The van der Waals surface area contributed by atoms with Crippen LogP contribution >= 0.6 is 0 Å². The maximum Gasteiger partial charge on any atom is 0.308 e. The molecule has 30 heavy (non-hydrogen) atoms. The van der Waals surface area contributed by atoms with Crippen molar-refractivity contribution in [1.29, 1.82) is 0 Å². The van der Waals surface area contributed by atoms with Crippen molar-refractivity contribution in [1.82, 2.24) is 4.90 Å². The van der Waals surface area contributed by atoms with Crippen LogP contribution in [0.15, 0.2) is 18.2 Å². The summed E-state index contributed by atoms with van der Waals surface area (Å²) in [5.74, 6) is -3.78. The zero-order chi connectivity index (χ0) is 21.8. The number of benzene rings is 1. The first kappa shape index (κ1) is 21.6. The molecule has 9 heteroatoms. The Labute approximate surface area is 172 Å². The van der Waals surface area contributed by atoms with Crippen LogP contribution in [0.3, 0.4) is 0 Å². The lowest BCUT2D eigenvalue weighted by Crippen LogP contribution is -2.33. The average Bonchev–Trinajstić information content (AvgIpc) is 2.94. The number of hydrogen-bond acceptors (Lipinski definition) is 6. The van der Waals surface area contributed by atoms with Gasteiger partial charge in [-0.3, -0.25) is 28.9 Å². The van der Waals surface area contributed by atoms with Crippen LogP contribution in [-0.4, -0.2) is 47.5 Å². The molecule has 2 aliphatic rings. The summed E-state index contributed by atoms with van der Waals surface area (Å²) in [6.45, 7) is 0.521. The summed E-state index contributed by atoms with van der Waals surface area (Å²) in [4.78, 5) is 60.9. The summed E-state index contributed by atoms with van der Waals surface area (Å²) in [6.07, 6.45) is 2.99. The maximum absolute atomic E-state index is 14.1. The Morgan fingerprint density at radius 1 is 1.13 bits per heavy atom. The number of ether oxygens (including phenoxy) is 1. The van der Waals surface area contributed by atoms with Gasteiger partial charge in [-0.25, -0.2) is 4.39 Å². The highest BCUT2D eigenvalue weighted by molar-refractivity contribution is 6.05. The molecule has 1 saturated heterocycles. The second-order valence-electron chi connectivity index (χ2n) is 7.54. The molecule has 1 heterocycles. The lowest BCUT2D eigenvalue weighted by Gasteiger charge is -2.19. The average molecular weight is 418 g/mol. The van der Waals surface area contributed by atoms with Gasteiger partial charge in [-0.2, -0.15) is 0 Å². The number of amides is 3. The smallest absolute Gasteiger partial charge is 0.308 e. The number of hydrogen-bond donors (Lipinski definition) is 1. The lowest BCUT2D eigenvalue weighted by molar-refractivity contribution is -0.145. The Balaban J connectivity index is 1.49. The Morgan fingerprint density at radius 3 is 2.33 bits per heavy atom. The quantitative estimate of drug-likeness (QED) is 0.412. The number of halogens is 1. The standard InChI is InChI=1S/C21H23FN2O6/c1-12(25)23-13-6-7-16(17(22)10-13)18(26)11-30-19(27)8-9-24-20(28)14-4-2-3-5-15(14)21(24)29/h6-7,10,14-15H,2-5,8-9,11H2,1H3,(H,23,25)/t14-,15+. The van der Waals surface area contributed by atoms with Gasteiger partial charge in [-0.05, 0) is 31.0 Å². The van der Waals surface area contributed by atoms with Gasteiger partial charge < -0.3 is 10.1 Å². The molecule has 0 bridgehead atoms.